The maximum atomic E-state index is 12.7. The number of fused-ring (bicyclic) bond motifs is 1. The Kier molecular flexibility index (Phi) is 11.7. The van der Waals surface area contributed by atoms with Crippen molar-refractivity contribution >= 4 is 82.4 Å². The lowest BCUT2D eigenvalue weighted by Gasteiger charge is -2.11. The van der Waals surface area contributed by atoms with E-state index in [1.807, 2.05) is 0 Å². The molecule has 17 nitrogen and oxygen atoms in total. The van der Waals surface area contributed by atoms with Gasteiger partial charge in [-0.1, -0.05) is 0 Å². The molecule has 0 heterocycles. The highest BCUT2D eigenvalue weighted by molar-refractivity contribution is 7.86. The van der Waals surface area contributed by atoms with Crippen LogP contribution < -0.4 is 15.8 Å². The Morgan fingerprint density at radius 2 is 1.10 bits per heavy atom. The van der Waals surface area contributed by atoms with Crippen LogP contribution in [0, 0.1) is 27.7 Å². The third-order valence-electron chi connectivity index (χ3n) is 9.02. The molecular formula is C40H36N8O9S2. The second-order valence-corrected chi connectivity index (χ2v) is 16.1. The van der Waals surface area contributed by atoms with E-state index < -0.39 is 47.4 Å². The first-order chi connectivity index (χ1) is 27.8. The Hall–Kier alpha value is -6.93. The second kappa shape index (κ2) is 16.5. The first-order valence-electron chi connectivity index (χ1n) is 17.4. The molecule has 59 heavy (non-hydrogen) atoms. The lowest BCUT2D eigenvalue weighted by atomic mass is 10.1. The maximum Gasteiger partial charge on any atom is 0.296 e. The van der Waals surface area contributed by atoms with Gasteiger partial charge in [0.05, 0.1) is 29.9 Å². The monoisotopic (exact) mass is 836 g/mol. The molecule has 0 aromatic heterocycles. The highest BCUT2D eigenvalue weighted by Crippen LogP contribution is 2.43. The number of carbonyl (C=O) groups is 1. The summed E-state index contributed by atoms with van der Waals surface area (Å²) < 4.78 is 73.7. The lowest BCUT2D eigenvalue weighted by molar-refractivity contribution is 0.102. The minimum absolute atomic E-state index is 0.0793. The predicted molar refractivity (Wildman–Crippen MR) is 221 cm³/mol. The van der Waals surface area contributed by atoms with E-state index in [-0.39, 0.29) is 22.2 Å². The maximum absolute atomic E-state index is 12.7. The van der Waals surface area contributed by atoms with Crippen LogP contribution in [0.25, 0.3) is 10.8 Å². The molecule has 0 spiro atoms. The van der Waals surface area contributed by atoms with Crippen LogP contribution in [0.3, 0.4) is 0 Å². The van der Waals surface area contributed by atoms with E-state index in [1.54, 1.807) is 76.2 Å². The zero-order chi connectivity index (χ0) is 42.8. The number of benzene rings is 6. The third kappa shape index (κ3) is 9.45. The van der Waals surface area contributed by atoms with E-state index in [0.717, 1.165) is 12.1 Å². The molecule has 1 amide bonds. The van der Waals surface area contributed by atoms with Crippen molar-refractivity contribution < 1.29 is 40.6 Å². The molecule has 0 atom stereocenters. The zero-order valence-corrected chi connectivity index (χ0v) is 33.7. The number of nitrogens with two attached hydrogens (primary N) is 1. The Morgan fingerprint density at radius 1 is 0.610 bits per heavy atom. The van der Waals surface area contributed by atoms with Gasteiger partial charge in [-0.2, -0.15) is 37.3 Å². The van der Waals surface area contributed by atoms with E-state index >= 15 is 0 Å². The van der Waals surface area contributed by atoms with Gasteiger partial charge < -0.3 is 20.9 Å². The summed E-state index contributed by atoms with van der Waals surface area (Å²) in [6.07, 6.45) is 0. The number of methoxy groups -OCH3 is 1. The van der Waals surface area contributed by atoms with E-state index in [9.17, 15) is 35.8 Å². The van der Waals surface area contributed by atoms with Gasteiger partial charge in [0.15, 0.2) is 5.75 Å². The largest absolute Gasteiger partial charge is 0.505 e. The van der Waals surface area contributed by atoms with E-state index in [2.05, 4.69) is 36.0 Å². The summed E-state index contributed by atoms with van der Waals surface area (Å²) in [7, 11) is -8.16. The molecule has 19 heteroatoms. The summed E-state index contributed by atoms with van der Waals surface area (Å²) in [5.41, 5.74) is 10.6. The number of hydrogen-bond donors (Lipinski definition) is 5. The Balaban J connectivity index is 1.24. The van der Waals surface area contributed by atoms with Crippen molar-refractivity contribution in [3.05, 3.63) is 119 Å². The average Bonchev–Trinajstić information content (AvgIpc) is 3.17. The molecule has 0 saturated heterocycles. The van der Waals surface area contributed by atoms with Crippen LogP contribution in [0.15, 0.2) is 131 Å². The fraction of sp³-hybridized carbons (Fsp3) is 0.125. The molecule has 0 saturated carbocycles. The number of phenolic OH excluding ortho intramolecular Hbond substituents is 1. The van der Waals surface area contributed by atoms with Crippen molar-refractivity contribution in [2.24, 2.45) is 30.7 Å². The van der Waals surface area contributed by atoms with Crippen molar-refractivity contribution in [3.63, 3.8) is 0 Å². The summed E-state index contributed by atoms with van der Waals surface area (Å²) >= 11 is 0. The van der Waals surface area contributed by atoms with Gasteiger partial charge in [0.2, 0.25) is 0 Å². The summed E-state index contributed by atoms with van der Waals surface area (Å²) in [5.74, 6) is -0.786. The molecule has 6 aromatic carbocycles. The molecule has 0 aliphatic heterocycles. The van der Waals surface area contributed by atoms with Crippen molar-refractivity contribution in [1.29, 1.82) is 0 Å². The summed E-state index contributed by atoms with van der Waals surface area (Å²) in [4.78, 5) is 11.6. The predicted octanol–water partition coefficient (Wildman–Crippen LogP) is 10.4. The zero-order valence-electron chi connectivity index (χ0n) is 32.0. The number of aryl methyl sites for hydroxylation is 4. The van der Waals surface area contributed by atoms with Crippen LogP contribution in [-0.2, 0) is 20.2 Å². The highest BCUT2D eigenvalue weighted by Gasteiger charge is 2.23. The number of ether oxygens (including phenoxy) is 1. The molecule has 302 valence electrons. The lowest BCUT2D eigenvalue weighted by Crippen LogP contribution is -2.11. The molecule has 0 aliphatic rings. The number of rotatable bonds is 11. The topological polar surface area (TPSA) is 267 Å². The molecule has 0 fully saturated rings. The second-order valence-electron chi connectivity index (χ2n) is 13.3. The van der Waals surface area contributed by atoms with Crippen LogP contribution in [0.1, 0.15) is 32.6 Å². The fourth-order valence-corrected chi connectivity index (χ4v) is 7.09. The van der Waals surface area contributed by atoms with E-state index in [0.29, 0.717) is 61.9 Å². The minimum atomic E-state index is -4.92. The van der Waals surface area contributed by atoms with Crippen LogP contribution in [0.5, 0.6) is 11.5 Å². The summed E-state index contributed by atoms with van der Waals surface area (Å²) in [6, 6.07) is 22.6. The number of nitrogens with one attached hydrogen (secondary N) is 1. The van der Waals surface area contributed by atoms with Gasteiger partial charge in [0, 0.05) is 28.4 Å². The van der Waals surface area contributed by atoms with Crippen LogP contribution in [0.2, 0.25) is 0 Å². The molecule has 6 N–H and O–H groups in total. The Morgan fingerprint density at radius 3 is 1.59 bits per heavy atom. The van der Waals surface area contributed by atoms with Gasteiger partial charge >= 0.3 is 0 Å². The fourth-order valence-electron chi connectivity index (χ4n) is 5.79. The summed E-state index contributed by atoms with van der Waals surface area (Å²) in [6.45, 7) is 7.04. The van der Waals surface area contributed by atoms with Crippen LogP contribution >= 0.6 is 0 Å². The van der Waals surface area contributed by atoms with Crippen LogP contribution in [0.4, 0.5) is 45.5 Å². The van der Waals surface area contributed by atoms with Crippen molar-refractivity contribution in [2.75, 3.05) is 18.2 Å². The van der Waals surface area contributed by atoms with Gasteiger partial charge in [-0.15, -0.1) is 10.2 Å². The number of hydrogen-bond acceptors (Lipinski definition) is 14. The standard InChI is InChI=1S/C40H36N8O9S2/c1-21-15-33(22(2)14-32(21)44-43-31-13-11-29(57-5)20-36(31)58(51,52)53)45-46-34-16-24(4)35(17-23(34)3)47-48-38-37(59(54,55)56)19-26-18-28(10-12-30(26)39(38)49)42-40(50)25-6-8-27(41)9-7-25/h6-20,49H,41H2,1-5H3,(H,42,50)(H,51,52,53)(H,54,55,56). The number of nitrogens with zero attached hydrogens (tertiary/aromatic N) is 6. The molecule has 6 aromatic rings. The number of azo groups is 3. The molecular weight excluding hydrogens is 801 g/mol. The van der Waals surface area contributed by atoms with Gasteiger partial charge in [-0.05, 0) is 140 Å². The molecule has 6 rings (SSSR count). The Bertz CT molecular complexity index is 2990. The molecule has 0 unspecified atom stereocenters. The molecule has 0 aliphatic carbocycles. The SMILES string of the molecule is COc1ccc(N=Nc2cc(C)c(N=Nc3cc(C)c(N=Nc4c(S(=O)(=O)O)cc5cc(NC(=O)c6ccc(N)cc6)ccc5c4O)cc3C)cc2C)c(S(=O)(=O)O)c1. The van der Waals surface area contributed by atoms with Crippen molar-refractivity contribution in [2.45, 2.75) is 37.5 Å². The number of aromatic hydroxyl groups is 1. The number of carbonyl (C=O) groups excluding carboxylic acids is 1. The smallest absolute Gasteiger partial charge is 0.296 e. The third-order valence-corrected chi connectivity index (χ3v) is 10.8. The van der Waals surface area contributed by atoms with Gasteiger partial charge in [0.25, 0.3) is 26.1 Å². The molecule has 0 bridgehead atoms. The Labute approximate surface area is 338 Å². The van der Waals surface area contributed by atoms with Gasteiger partial charge in [-0.3, -0.25) is 13.9 Å². The van der Waals surface area contributed by atoms with E-state index in [4.69, 9.17) is 10.5 Å². The normalized spacial score (nSPS) is 12.3. The van der Waals surface area contributed by atoms with E-state index in [1.165, 1.54) is 37.4 Å². The van der Waals surface area contributed by atoms with Crippen LogP contribution in [-0.4, -0.2) is 44.1 Å². The van der Waals surface area contributed by atoms with Gasteiger partial charge in [-0.25, -0.2) is 0 Å². The molecule has 0 radical (unpaired) electrons. The minimum Gasteiger partial charge on any atom is -0.505 e. The quantitative estimate of drug-likeness (QED) is 0.0468. The summed E-state index contributed by atoms with van der Waals surface area (Å²) in [5, 5.41) is 39.7. The average molecular weight is 837 g/mol. The van der Waals surface area contributed by atoms with Crippen molar-refractivity contribution in [1.82, 2.24) is 0 Å². The number of phenols is 1. The first-order valence-corrected chi connectivity index (χ1v) is 20.3. The first kappa shape index (κ1) is 41.7. The number of nitrogen functional groups attached to an aromatic ring is 1. The van der Waals surface area contributed by atoms with Crippen molar-refractivity contribution in [3.8, 4) is 11.5 Å². The number of anilines is 2. The number of amides is 1. The van der Waals surface area contributed by atoms with Gasteiger partial charge in [0.1, 0.15) is 26.9 Å². The highest BCUT2D eigenvalue weighted by atomic mass is 32.2.